The van der Waals surface area contributed by atoms with E-state index in [4.69, 9.17) is 17.0 Å². The lowest BCUT2D eigenvalue weighted by Gasteiger charge is -2.39. The van der Waals surface area contributed by atoms with Crippen LogP contribution < -0.4 is 20.9 Å². The lowest BCUT2D eigenvalue weighted by molar-refractivity contribution is -0.138. The van der Waals surface area contributed by atoms with Gasteiger partial charge in [-0.25, -0.2) is 5.01 Å². The number of hydrogen-bond donors (Lipinski definition) is 3. The summed E-state index contributed by atoms with van der Waals surface area (Å²) in [5.74, 6) is 0.445. The summed E-state index contributed by atoms with van der Waals surface area (Å²) in [7, 11) is 0. The zero-order chi connectivity index (χ0) is 26.6. The summed E-state index contributed by atoms with van der Waals surface area (Å²) in [5, 5.41) is 8.52. The molecule has 7 rings (SSSR count). The standard InChI is InChI=1S/C29H23N5O3S2/c35-24-16-39-29(21-12-6-7-13-22(21)30-27(29)36)34(24)32-28(38)31-33-17-37-23-15-14-18-8-4-5-11-20(18)25(23)26(33)19-9-2-1-3-10-19/h1-15,26H,16-17H2,(H,30,36)(H2,31,32,38). The predicted octanol–water partition coefficient (Wildman–Crippen LogP) is 4.26. The number of rotatable bonds is 3. The van der Waals surface area contributed by atoms with Gasteiger partial charge in [-0.05, 0) is 40.7 Å². The van der Waals surface area contributed by atoms with E-state index in [0.717, 1.165) is 33.2 Å². The van der Waals surface area contributed by atoms with Gasteiger partial charge in [0, 0.05) is 16.8 Å². The third kappa shape index (κ3) is 3.75. The maximum absolute atomic E-state index is 13.2. The molecule has 0 aliphatic carbocycles. The molecule has 39 heavy (non-hydrogen) atoms. The molecule has 2 unspecified atom stereocenters. The molecule has 4 aromatic rings. The van der Waals surface area contributed by atoms with Gasteiger partial charge in [-0.15, -0.1) is 11.8 Å². The fourth-order valence-corrected chi connectivity index (χ4v) is 7.05. The summed E-state index contributed by atoms with van der Waals surface area (Å²) in [5.41, 5.74) is 9.79. The molecule has 10 heteroatoms. The number of thiocarbonyl (C=S) groups is 1. The van der Waals surface area contributed by atoms with E-state index in [1.54, 1.807) is 0 Å². The van der Waals surface area contributed by atoms with Crippen LogP contribution in [0.1, 0.15) is 22.7 Å². The molecule has 0 radical (unpaired) electrons. The summed E-state index contributed by atoms with van der Waals surface area (Å²) in [6.45, 7) is 0.212. The first-order valence-corrected chi connectivity index (χ1v) is 13.9. The molecule has 2 amide bonds. The van der Waals surface area contributed by atoms with E-state index in [2.05, 4.69) is 46.5 Å². The Bertz CT molecular complexity index is 1650. The van der Waals surface area contributed by atoms with E-state index < -0.39 is 4.87 Å². The Hall–Kier alpha value is -4.12. The third-order valence-electron chi connectivity index (χ3n) is 7.27. The fourth-order valence-electron chi connectivity index (χ4n) is 5.58. The molecule has 3 aliphatic rings. The van der Waals surface area contributed by atoms with Crippen LogP contribution in [-0.2, 0) is 14.5 Å². The Morgan fingerprint density at radius 1 is 0.949 bits per heavy atom. The van der Waals surface area contributed by atoms with Crippen LogP contribution in [0.25, 0.3) is 10.8 Å². The minimum Gasteiger partial charge on any atom is -0.476 e. The number of carbonyl (C=O) groups is 2. The quantitative estimate of drug-likeness (QED) is 0.325. The van der Waals surface area contributed by atoms with Gasteiger partial charge in [-0.2, -0.15) is 5.01 Å². The highest BCUT2D eigenvalue weighted by Gasteiger charge is 2.58. The van der Waals surface area contributed by atoms with Gasteiger partial charge in [-0.3, -0.25) is 20.4 Å². The molecule has 1 spiro atoms. The minimum absolute atomic E-state index is 0.149. The molecule has 2 atom stereocenters. The summed E-state index contributed by atoms with van der Waals surface area (Å²) < 4.78 is 6.17. The normalized spacial score (nSPS) is 21.8. The Kier molecular flexibility index (Phi) is 5.69. The van der Waals surface area contributed by atoms with Crippen molar-refractivity contribution in [1.29, 1.82) is 0 Å². The number of amides is 2. The van der Waals surface area contributed by atoms with Crippen LogP contribution in [0.2, 0.25) is 0 Å². The summed E-state index contributed by atoms with van der Waals surface area (Å²) in [6.07, 6.45) is 0. The largest absolute Gasteiger partial charge is 0.476 e. The fraction of sp³-hybridized carbons (Fsp3) is 0.138. The van der Waals surface area contributed by atoms with Crippen molar-refractivity contribution in [3.05, 3.63) is 108 Å². The van der Waals surface area contributed by atoms with E-state index in [1.165, 1.54) is 16.8 Å². The summed E-state index contributed by atoms with van der Waals surface area (Å²) in [4.78, 5) is 25.0. The van der Waals surface area contributed by atoms with Crippen LogP contribution in [0.15, 0.2) is 91.0 Å². The third-order valence-corrected chi connectivity index (χ3v) is 8.85. The molecule has 3 N–H and O–H groups in total. The second kappa shape index (κ2) is 9.26. The van der Waals surface area contributed by atoms with Crippen molar-refractivity contribution in [2.45, 2.75) is 10.9 Å². The minimum atomic E-state index is -1.24. The Morgan fingerprint density at radius 2 is 1.72 bits per heavy atom. The first-order valence-electron chi connectivity index (χ1n) is 12.5. The molecular weight excluding hydrogens is 530 g/mol. The monoisotopic (exact) mass is 553 g/mol. The van der Waals surface area contributed by atoms with Gasteiger partial charge in [0.05, 0.1) is 11.8 Å². The van der Waals surface area contributed by atoms with Crippen LogP contribution in [0.4, 0.5) is 5.69 Å². The SMILES string of the molecule is O=C1CSC2(C(=O)Nc3ccccc32)N1NC(=S)NN1COc2ccc3ccccc3c2C1c1ccccc1. The van der Waals surface area contributed by atoms with Crippen LogP contribution in [0.3, 0.4) is 0 Å². The maximum atomic E-state index is 13.2. The first kappa shape index (κ1) is 24.0. The molecule has 3 aliphatic heterocycles. The van der Waals surface area contributed by atoms with Gasteiger partial charge < -0.3 is 10.1 Å². The van der Waals surface area contributed by atoms with E-state index in [9.17, 15) is 9.59 Å². The molecule has 1 saturated heterocycles. The Balaban J connectivity index is 1.22. The number of ether oxygens (including phenoxy) is 1. The number of para-hydroxylation sites is 1. The van der Waals surface area contributed by atoms with Gasteiger partial charge in [-0.1, -0.05) is 78.9 Å². The summed E-state index contributed by atoms with van der Waals surface area (Å²) in [6, 6.07) is 29.6. The van der Waals surface area contributed by atoms with E-state index in [1.807, 2.05) is 65.7 Å². The van der Waals surface area contributed by atoms with Crippen LogP contribution in [0, 0.1) is 0 Å². The van der Waals surface area contributed by atoms with Gasteiger partial charge >= 0.3 is 0 Å². The average molecular weight is 554 g/mol. The van der Waals surface area contributed by atoms with Crippen molar-refractivity contribution in [3.63, 3.8) is 0 Å². The lowest BCUT2D eigenvalue weighted by atomic mass is 9.91. The summed E-state index contributed by atoms with van der Waals surface area (Å²) >= 11 is 7.00. The number of carbonyl (C=O) groups excluding carboxylic acids is 2. The molecule has 0 aromatic heterocycles. The van der Waals surface area contributed by atoms with Gasteiger partial charge in [0.15, 0.2) is 11.8 Å². The van der Waals surface area contributed by atoms with Gasteiger partial charge in [0.1, 0.15) is 5.75 Å². The molecule has 8 nitrogen and oxygen atoms in total. The van der Waals surface area contributed by atoms with Crippen LogP contribution in [0.5, 0.6) is 5.75 Å². The number of nitrogens with zero attached hydrogens (tertiary/aromatic N) is 2. The van der Waals surface area contributed by atoms with E-state index in [-0.39, 0.29) is 35.5 Å². The molecule has 194 valence electrons. The van der Waals surface area contributed by atoms with Crippen LogP contribution in [-0.4, -0.2) is 39.4 Å². The molecule has 3 heterocycles. The van der Waals surface area contributed by atoms with Crippen LogP contribution >= 0.6 is 24.0 Å². The maximum Gasteiger partial charge on any atom is 0.267 e. The number of hydrogen-bond acceptors (Lipinski definition) is 6. The number of hydrazine groups is 2. The lowest BCUT2D eigenvalue weighted by Crippen LogP contribution is -2.60. The van der Waals surface area contributed by atoms with E-state index >= 15 is 0 Å². The molecule has 0 bridgehead atoms. The highest BCUT2D eigenvalue weighted by Crippen LogP contribution is 2.51. The average Bonchev–Trinajstić information content (AvgIpc) is 3.45. The van der Waals surface area contributed by atoms with Crippen molar-refractivity contribution < 1.29 is 14.3 Å². The molecule has 4 aromatic carbocycles. The molecule has 0 saturated carbocycles. The second-order valence-corrected chi connectivity index (χ2v) is 11.0. The highest BCUT2D eigenvalue weighted by atomic mass is 32.2. The van der Waals surface area contributed by atoms with Crippen molar-refractivity contribution in [2.24, 2.45) is 0 Å². The van der Waals surface area contributed by atoms with Crippen molar-refractivity contribution in [2.75, 3.05) is 17.8 Å². The highest BCUT2D eigenvalue weighted by molar-refractivity contribution is 8.02. The second-order valence-electron chi connectivity index (χ2n) is 9.47. The zero-order valence-corrected chi connectivity index (χ0v) is 22.2. The number of anilines is 1. The number of thioether (sulfide) groups is 1. The van der Waals surface area contributed by atoms with Crippen molar-refractivity contribution >= 4 is 57.4 Å². The Labute approximate surface area is 234 Å². The molecule has 1 fully saturated rings. The van der Waals surface area contributed by atoms with E-state index in [0.29, 0.717) is 5.69 Å². The van der Waals surface area contributed by atoms with Crippen molar-refractivity contribution in [3.8, 4) is 5.75 Å². The number of benzene rings is 4. The predicted molar refractivity (Wildman–Crippen MR) is 154 cm³/mol. The Morgan fingerprint density at radius 3 is 2.59 bits per heavy atom. The number of fused-ring (bicyclic) bond motifs is 5. The first-order chi connectivity index (χ1) is 19.1. The number of nitrogens with one attached hydrogen (secondary N) is 3. The van der Waals surface area contributed by atoms with Gasteiger partial charge in [0.25, 0.3) is 11.8 Å². The van der Waals surface area contributed by atoms with Crippen molar-refractivity contribution in [1.82, 2.24) is 20.9 Å². The molecular formula is C29H23N5O3S2. The zero-order valence-electron chi connectivity index (χ0n) is 20.6. The smallest absolute Gasteiger partial charge is 0.267 e. The van der Waals surface area contributed by atoms with Gasteiger partial charge in [0.2, 0.25) is 4.87 Å². The topological polar surface area (TPSA) is 85.9 Å².